The van der Waals surface area contributed by atoms with Gasteiger partial charge < -0.3 is 22.1 Å². The van der Waals surface area contributed by atoms with Crippen LogP contribution in [0.4, 0.5) is 0 Å². The molecule has 0 saturated carbocycles. The Labute approximate surface area is 224 Å². The molecule has 0 aromatic heterocycles. The lowest BCUT2D eigenvalue weighted by molar-refractivity contribution is -0.134. The van der Waals surface area contributed by atoms with Crippen molar-refractivity contribution in [2.75, 3.05) is 26.2 Å². The van der Waals surface area contributed by atoms with E-state index < -0.39 is 6.04 Å². The Morgan fingerprint density at radius 3 is 2.65 bits per heavy atom. The number of carbonyl (C=O) groups excluding carboxylic acids is 1. The minimum atomic E-state index is -0.402. The van der Waals surface area contributed by atoms with Gasteiger partial charge in [-0.05, 0) is 85.8 Å². The molecule has 0 spiro atoms. The highest BCUT2D eigenvalue weighted by molar-refractivity contribution is 7.97. The van der Waals surface area contributed by atoms with Crippen molar-refractivity contribution in [3.05, 3.63) is 65.2 Å². The van der Waals surface area contributed by atoms with E-state index in [0.29, 0.717) is 30.4 Å². The molecule has 1 unspecified atom stereocenters. The van der Waals surface area contributed by atoms with E-state index in [2.05, 4.69) is 34.0 Å². The van der Waals surface area contributed by atoms with Gasteiger partial charge in [0.2, 0.25) is 5.91 Å². The number of nitrogens with zero attached hydrogens (tertiary/aromatic N) is 2. The van der Waals surface area contributed by atoms with Gasteiger partial charge in [-0.15, -0.1) is 0 Å². The standard InChI is InChI=1S/C28H39N7OS/c29-12-9-19-10-13-35(14-11-19)28(36)25(16-20-3-1-5-22(15-20)27(31)32)34-37-24-6-2-4-21(17-24)23-7-8-26(30)33-18-23/h1-6,15,17,19,23,25,34H,7-14,16,18,29H2,(H2,30,33)(H3,31,32)/t23?,25-/m0/s1. The van der Waals surface area contributed by atoms with Crippen LogP contribution in [0, 0.1) is 11.3 Å². The number of hydrogen-bond donors (Lipinski definition) is 5. The topological polar surface area (TPSA) is 147 Å². The van der Waals surface area contributed by atoms with E-state index in [0.717, 1.165) is 68.0 Å². The highest BCUT2D eigenvalue weighted by atomic mass is 32.2. The third-order valence-corrected chi connectivity index (χ3v) is 8.28. The number of nitrogens with two attached hydrogens (primary N) is 3. The zero-order valence-corrected chi connectivity index (χ0v) is 22.2. The minimum absolute atomic E-state index is 0.0275. The number of nitrogens with one attached hydrogen (secondary N) is 2. The largest absolute Gasteiger partial charge is 0.387 e. The number of benzene rings is 2. The number of aliphatic imine (C=N–C) groups is 1. The van der Waals surface area contributed by atoms with Gasteiger partial charge in [0.25, 0.3) is 0 Å². The molecule has 0 radical (unpaired) electrons. The zero-order chi connectivity index (χ0) is 26.2. The van der Waals surface area contributed by atoms with Crippen LogP contribution in [-0.4, -0.2) is 54.7 Å². The van der Waals surface area contributed by atoms with Crippen LogP contribution in [0.2, 0.25) is 0 Å². The Balaban J connectivity index is 1.47. The van der Waals surface area contributed by atoms with Crippen molar-refractivity contribution in [3.8, 4) is 0 Å². The van der Waals surface area contributed by atoms with Crippen molar-refractivity contribution in [1.82, 2.24) is 9.62 Å². The Morgan fingerprint density at radius 1 is 1.16 bits per heavy atom. The van der Waals surface area contributed by atoms with Crippen molar-refractivity contribution in [2.24, 2.45) is 28.1 Å². The summed E-state index contributed by atoms with van der Waals surface area (Å²) >= 11 is 1.50. The number of likely N-dealkylation sites (tertiary alicyclic amines) is 1. The molecule has 9 heteroatoms. The summed E-state index contributed by atoms with van der Waals surface area (Å²) in [4.78, 5) is 21.2. The molecule has 198 valence electrons. The van der Waals surface area contributed by atoms with Crippen LogP contribution in [0.5, 0.6) is 0 Å². The zero-order valence-electron chi connectivity index (χ0n) is 21.4. The van der Waals surface area contributed by atoms with Crippen molar-refractivity contribution in [1.29, 1.82) is 5.41 Å². The smallest absolute Gasteiger partial charge is 0.240 e. The summed E-state index contributed by atoms with van der Waals surface area (Å²) in [6.45, 7) is 2.95. The molecule has 0 aliphatic carbocycles. The van der Waals surface area contributed by atoms with Crippen LogP contribution < -0.4 is 21.9 Å². The first-order chi connectivity index (χ1) is 17.9. The number of amidine groups is 2. The van der Waals surface area contributed by atoms with Crippen LogP contribution in [-0.2, 0) is 11.2 Å². The van der Waals surface area contributed by atoms with E-state index in [9.17, 15) is 4.79 Å². The molecule has 2 aliphatic rings. The van der Waals surface area contributed by atoms with Crippen LogP contribution in [0.1, 0.15) is 54.7 Å². The van der Waals surface area contributed by atoms with Crippen molar-refractivity contribution >= 4 is 29.5 Å². The van der Waals surface area contributed by atoms with Crippen molar-refractivity contribution in [3.63, 3.8) is 0 Å². The molecule has 2 aromatic rings. The SMILES string of the molecule is N=C(N)c1cccc(C[C@H](NSc2cccc(C3CCC(N)=NC3)c2)C(=O)N2CCC(CCN)CC2)c1. The maximum Gasteiger partial charge on any atom is 0.240 e. The van der Waals surface area contributed by atoms with Crippen molar-refractivity contribution in [2.45, 2.75) is 55.4 Å². The first-order valence-corrected chi connectivity index (χ1v) is 14.0. The lowest BCUT2D eigenvalue weighted by Gasteiger charge is -2.34. The van der Waals surface area contributed by atoms with E-state index in [1.54, 1.807) is 0 Å². The maximum absolute atomic E-state index is 13.7. The Morgan fingerprint density at radius 2 is 1.95 bits per heavy atom. The van der Waals surface area contributed by atoms with E-state index in [1.165, 1.54) is 17.5 Å². The summed E-state index contributed by atoms with van der Waals surface area (Å²) in [6, 6.07) is 15.7. The monoisotopic (exact) mass is 521 g/mol. The lowest BCUT2D eigenvalue weighted by Crippen LogP contribution is -2.48. The number of rotatable bonds is 10. The molecule has 1 saturated heterocycles. The van der Waals surface area contributed by atoms with Gasteiger partial charge in [0.1, 0.15) is 11.9 Å². The van der Waals surface area contributed by atoms with Gasteiger partial charge in [0.15, 0.2) is 0 Å². The predicted octanol–water partition coefficient (Wildman–Crippen LogP) is 3.00. The maximum atomic E-state index is 13.7. The Bertz CT molecular complexity index is 1110. The highest BCUT2D eigenvalue weighted by Crippen LogP contribution is 2.28. The van der Waals surface area contributed by atoms with E-state index >= 15 is 0 Å². The third kappa shape index (κ3) is 7.56. The molecule has 4 rings (SSSR count). The van der Waals surface area contributed by atoms with Gasteiger partial charge in [-0.2, -0.15) is 0 Å². The van der Waals surface area contributed by atoms with Crippen LogP contribution in [0.15, 0.2) is 58.4 Å². The molecule has 1 fully saturated rings. The van der Waals surface area contributed by atoms with Gasteiger partial charge in [-0.3, -0.25) is 15.2 Å². The predicted molar refractivity (Wildman–Crippen MR) is 152 cm³/mol. The molecule has 8 nitrogen and oxygen atoms in total. The summed E-state index contributed by atoms with van der Waals surface area (Å²) in [7, 11) is 0. The summed E-state index contributed by atoms with van der Waals surface area (Å²) in [5.74, 6) is 1.85. The molecule has 1 amide bonds. The van der Waals surface area contributed by atoms with E-state index in [4.69, 9.17) is 22.6 Å². The molecule has 2 aliphatic heterocycles. The molecule has 2 atom stereocenters. The second-order valence-corrected chi connectivity index (χ2v) is 11.0. The van der Waals surface area contributed by atoms with E-state index in [1.807, 2.05) is 29.2 Å². The molecular weight excluding hydrogens is 482 g/mol. The number of carbonyl (C=O) groups is 1. The first-order valence-electron chi connectivity index (χ1n) is 13.2. The second kappa shape index (κ2) is 13.1. The molecule has 2 aromatic carbocycles. The molecule has 8 N–H and O–H groups in total. The number of amides is 1. The summed E-state index contributed by atoms with van der Waals surface area (Å²) in [6.07, 6.45) is 5.37. The number of piperidine rings is 1. The summed E-state index contributed by atoms with van der Waals surface area (Å²) < 4.78 is 3.48. The van der Waals surface area contributed by atoms with Crippen LogP contribution in [0.25, 0.3) is 0 Å². The Hall–Kier alpha value is -2.88. The van der Waals surface area contributed by atoms with Gasteiger partial charge in [-0.1, -0.05) is 30.3 Å². The highest BCUT2D eigenvalue weighted by Gasteiger charge is 2.28. The lowest BCUT2D eigenvalue weighted by atomic mass is 9.92. The Kier molecular flexibility index (Phi) is 9.60. The fourth-order valence-electron chi connectivity index (χ4n) is 5.14. The van der Waals surface area contributed by atoms with E-state index in [-0.39, 0.29) is 11.7 Å². The quantitative estimate of drug-likeness (QED) is 0.184. The van der Waals surface area contributed by atoms with Gasteiger partial charge in [-0.25, -0.2) is 4.72 Å². The fraction of sp³-hybridized carbons (Fsp3) is 0.464. The van der Waals surface area contributed by atoms with Crippen LogP contribution in [0.3, 0.4) is 0 Å². The average molecular weight is 522 g/mol. The van der Waals surface area contributed by atoms with Gasteiger partial charge in [0.05, 0.1) is 5.84 Å². The fourth-order valence-corrected chi connectivity index (χ4v) is 5.95. The average Bonchev–Trinajstić information content (AvgIpc) is 2.92. The van der Waals surface area contributed by atoms with Gasteiger partial charge in [0, 0.05) is 42.4 Å². The van der Waals surface area contributed by atoms with Crippen molar-refractivity contribution < 1.29 is 4.79 Å². The number of hydrogen-bond acceptors (Lipinski definition) is 7. The number of nitrogen functional groups attached to an aromatic ring is 1. The minimum Gasteiger partial charge on any atom is -0.387 e. The third-order valence-electron chi connectivity index (χ3n) is 7.39. The van der Waals surface area contributed by atoms with Crippen LogP contribution >= 0.6 is 11.9 Å². The summed E-state index contributed by atoms with van der Waals surface area (Å²) in [5.41, 5.74) is 20.2. The normalized spacial score (nSPS) is 19.3. The molecular formula is C28H39N7OS. The van der Waals surface area contributed by atoms with Gasteiger partial charge >= 0.3 is 0 Å². The second-order valence-electron chi connectivity index (χ2n) is 10.1. The molecule has 2 heterocycles. The summed E-state index contributed by atoms with van der Waals surface area (Å²) in [5, 5.41) is 7.78. The molecule has 0 bridgehead atoms. The first kappa shape index (κ1) is 27.2. The molecule has 37 heavy (non-hydrogen) atoms.